The van der Waals surface area contributed by atoms with Gasteiger partial charge in [-0.25, -0.2) is 49.2 Å². The van der Waals surface area contributed by atoms with E-state index in [0.717, 1.165) is 63.5 Å². The van der Waals surface area contributed by atoms with Crippen molar-refractivity contribution in [1.29, 1.82) is 0 Å². The quantitative estimate of drug-likeness (QED) is 0.0284. The molecule has 0 amide bonds. The molecule has 0 bridgehead atoms. The predicted molar refractivity (Wildman–Crippen MR) is 271 cm³/mol. The maximum absolute atomic E-state index is 14.9. The Morgan fingerprint density at radius 2 is 1.04 bits per heavy atom. The zero-order chi connectivity index (χ0) is 53.7. The number of carbonyl (C=O) groups is 4. The van der Waals surface area contributed by atoms with Crippen molar-refractivity contribution in [3.8, 4) is 22.3 Å². The number of carbonyl (C=O) groups excluding carboxylic acids is 3. The number of aromatic amines is 2. The average molecular weight is 1150 g/mol. The topological polar surface area (TPSA) is 238 Å². The van der Waals surface area contributed by atoms with Gasteiger partial charge in [0, 0.05) is 62.3 Å². The minimum atomic E-state index is -3.83. The third-order valence-corrected chi connectivity index (χ3v) is 11.0. The van der Waals surface area contributed by atoms with Gasteiger partial charge in [-0.05, 0) is 101 Å². The lowest BCUT2D eigenvalue weighted by Gasteiger charge is -2.10. The highest BCUT2D eigenvalue weighted by Crippen LogP contribution is 2.31. The molecule has 4 heterocycles. The molecule has 8 aromatic rings. The van der Waals surface area contributed by atoms with E-state index in [1.807, 2.05) is 47.4 Å². The van der Waals surface area contributed by atoms with Gasteiger partial charge in [0.25, 0.3) is 0 Å². The number of aromatic nitrogens is 4. The van der Waals surface area contributed by atoms with Crippen molar-refractivity contribution in [2.75, 3.05) is 27.3 Å². The second-order valence-corrected chi connectivity index (χ2v) is 19.9. The van der Waals surface area contributed by atoms with Gasteiger partial charge in [0.05, 0.1) is 34.8 Å². The maximum atomic E-state index is 14.9. The van der Waals surface area contributed by atoms with Crippen molar-refractivity contribution in [1.82, 2.24) is 19.9 Å². The first-order valence-electron chi connectivity index (χ1n) is 19.4. The molecule has 0 spiro atoms. The number of rotatable bonds is 10. The summed E-state index contributed by atoms with van der Waals surface area (Å²) < 4.78 is 104. The number of nitrogens with zero attached hydrogens (tertiary/aromatic N) is 2. The maximum Gasteiger partial charge on any atom is 0.341 e. The first kappa shape index (κ1) is 58.3. The molecule has 0 atom stereocenters. The Kier molecular flexibility index (Phi) is 21.0. The van der Waals surface area contributed by atoms with E-state index in [4.69, 9.17) is 51.5 Å². The lowest BCUT2D eigenvalue weighted by molar-refractivity contribution is -0.127. The number of sulfonamides is 2. The number of fused-ring (bicyclic) bond motifs is 2. The number of halogens is 10. The first-order chi connectivity index (χ1) is 33.7. The Morgan fingerprint density at radius 3 is 1.49 bits per heavy atom. The highest BCUT2D eigenvalue weighted by atomic mass is 35.5. The number of nitrogens with one attached hydrogen (secondary N) is 4. The van der Waals surface area contributed by atoms with Crippen LogP contribution in [0.2, 0.25) is 10.0 Å². The number of anilines is 2. The molecule has 4 aromatic heterocycles. The number of carboxylic acid groups (broad SMARTS) is 1. The zero-order valence-corrected chi connectivity index (χ0v) is 42.5. The van der Waals surface area contributed by atoms with Crippen LogP contribution in [0.3, 0.4) is 0 Å². The molecule has 0 fully saturated rings. The summed E-state index contributed by atoms with van der Waals surface area (Å²) in [6, 6.07) is 23.7. The van der Waals surface area contributed by atoms with E-state index in [0.29, 0.717) is 27.7 Å². The Bertz CT molecular complexity index is 3510. The van der Waals surface area contributed by atoms with Crippen molar-refractivity contribution >= 4 is 145 Å². The van der Waals surface area contributed by atoms with Crippen LogP contribution in [0, 0.1) is 23.3 Å². The van der Waals surface area contributed by atoms with E-state index in [2.05, 4.69) is 49.2 Å². The SMILES string of the molecule is CS(=O)(=O)Nc1ccc(F)c(C(=O)O)c1F.CS(=O)(=O)Nc1ccc(F)c(C(=O)c2c[nH]c3ncc(-c4ccc(Cl)cc4)cc23)c1F.ClCCl.Clc1ccc(-c2cnc3[nH]ccc3c2)cc1.O=C(Cl)C(=O)Cl. The molecule has 0 aliphatic carbocycles. The number of pyridine rings is 2. The lowest BCUT2D eigenvalue weighted by Crippen LogP contribution is -2.14. The van der Waals surface area contributed by atoms with Gasteiger partial charge in [0.1, 0.15) is 28.5 Å². The molecule has 0 radical (unpaired) electrons. The Hall–Kier alpha value is -6.30. The molecule has 0 aliphatic heterocycles. The molecular weight excluding hydrogens is 1120 g/mol. The van der Waals surface area contributed by atoms with Crippen LogP contribution in [0.15, 0.2) is 116 Å². The van der Waals surface area contributed by atoms with E-state index in [1.165, 1.54) is 6.20 Å². The summed E-state index contributed by atoms with van der Waals surface area (Å²) >= 11 is 30.3. The molecule has 378 valence electrons. The number of alkyl halides is 2. The molecule has 0 unspecified atom stereocenters. The molecule has 0 saturated heterocycles. The number of hydrogen-bond donors (Lipinski definition) is 5. The highest BCUT2D eigenvalue weighted by Gasteiger charge is 2.26. The monoisotopic (exact) mass is 1150 g/mol. The van der Waals surface area contributed by atoms with Gasteiger partial charge in [-0.2, -0.15) is 0 Å². The molecule has 0 aliphatic rings. The molecule has 15 nitrogen and oxygen atoms in total. The van der Waals surface area contributed by atoms with Crippen LogP contribution < -0.4 is 9.44 Å². The van der Waals surface area contributed by atoms with Gasteiger partial charge in [0.2, 0.25) is 25.8 Å². The van der Waals surface area contributed by atoms with Gasteiger partial charge >= 0.3 is 16.5 Å². The number of H-pyrrole nitrogens is 2. The van der Waals surface area contributed by atoms with Crippen molar-refractivity contribution in [3.05, 3.63) is 166 Å². The van der Waals surface area contributed by atoms with E-state index < -0.39 is 88.1 Å². The normalized spacial score (nSPS) is 10.8. The molecule has 72 heavy (non-hydrogen) atoms. The van der Waals surface area contributed by atoms with Crippen molar-refractivity contribution < 1.29 is 58.7 Å². The lowest BCUT2D eigenvalue weighted by atomic mass is 10.00. The van der Waals surface area contributed by atoms with Gasteiger partial charge < -0.3 is 15.1 Å². The van der Waals surface area contributed by atoms with Gasteiger partial charge in [0.15, 0.2) is 11.6 Å². The van der Waals surface area contributed by atoms with Crippen LogP contribution in [0.1, 0.15) is 26.3 Å². The summed E-state index contributed by atoms with van der Waals surface area (Å²) in [5.41, 5.74) is 1.75. The number of aromatic carboxylic acids is 1. The molecule has 4 aromatic carbocycles. The standard InChI is InChI=1S/C21H14ClF2N3O3S.C13H9ClN2.C8H7F2NO4S.C2Cl2O2.CH2Cl2/c1-31(29,30)27-17-7-6-16(23)18(19(17)24)20(28)15-10-26-21-14(15)8-12(9-25-21)11-2-4-13(22)5-3-11;14-12-3-1-9(2-4-12)11-7-10-5-6-15-13(10)16-8-11;1-16(14,15)11-5-3-2-4(9)6(7(5)10)8(12)13;3-1(5)2(4)6;2-1-3/h2-10,27H,1H3,(H,25,26);1-8H,(H,15,16);2-3,11H,1H3,(H,12,13);;1H2. The minimum absolute atomic E-state index is 0.00683. The number of carboxylic acids is 1. The van der Waals surface area contributed by atoms with Gasteiger partial charge in [-0.1, -0.05) is 47.5 Å². The average Bonchev–Trinajstić information content (AvgIpc) is 3.96. The minimum Gasteiger partial charge on any atom is -0.477 e. The molecule has 0 saturated carbocycles. The Morgan fingerprint density at radius 1 is 0.611 bits per heavy atom. The van der Waals surface area contributed by atoms with E-state index in [9.17, 15) is 53.6 Å². The van der Waals surface area contributed by atoms with Crippen molar-refractivity contribution in [2.45, 2.75) is 0 Å². The summed E-state index contributed by atoms with van der Waals surface area (Å²) in [6.07, 6.45) is 8.23. The highest BCUT2D eigenvalue weighted by molar-refractivity contribution is 7.92. The van der Waals surface area contributed by atoms with Crippen LogP contribution in [0.25, 0.3) is 44.3 Å². The van der Waals surface area contributed by atoms with E-state index in [-0.39, 0.29) is 10.9 Å². The smallest absolute Gasteiger partial charge is 0.341 e. The zero-order valence-electron chi connectivity index (χ0n) is 36.4. The van der Waals surface area contributed by atoms with E-state index in [1.54, 1.807) is 41.3 Å². The fraction of sp³-hybridized carbons (Fsp3) is 0.0667. The second kappa shape index (κ2) is 25.9. The molecule has 5 N–H and O–H groups in total. The fourth-order valence-corrected chi connectivity index (χ4v) is 7.30. The van der Waals surface area contributed by atoms with E-state index >= 15 is 0 Å². The van der Waals surface area contributed by atoms with Crippen LogP contribution in [-0.2, 0) is 29.6 Å². The third kappa shape index (κ3) is 16.6. The largest absolute Gasteiger partial charge is 0.477 e. The Balaban J connectivity index is 0.000000231. The van der Waals surface area contributed by atoms with Gasteiger partial charge in [-0.15, -0.1) is 23.2 Å². The summed E-state index contributed by atoms with van der Waals surface area (Å²) in [6.45, 7) is 0. The summed E-state index contributed by atoms with van der Waals surface area (Å²) in [7, 11) is -7.59. The number of hydrogen-bond acceptors (Lipinski definition) is 10. The van der Waals surface area contributed by atoms with Crippen LogP contribution in [0.4, 0.5) is 28.9 Å². The van der Waals surface area contributed by atoms with Crippen LogP contribution in [-0.4, -0.2) is 82.0 Å². The summed E-state index contributed by atoms with van der Waals surface area (Å²) in [5, 5.41) is 9.21. The van der Waals surface area contributed by atoms with Crippen LogP contribution in [0.5, 0.6) is 0 Å². The predicted octanol–water partition coefficient (Wildman–Crippen LogP) is 11.6. The Labute approximate surface area is 436 Å². The molecular formula is C45H32Cl6F4N6O9S2. The van der Waals surface area contributed by atoms with Crippen molar-refractivity contribution in [3.63, 3.8) is 0 Å². The molecule has 8 rings (SSSR count). The summed E-state index contributed by atoms with van der Waals surface area (Å²) in [5.74, 6) is -7.91. The second-order valence-electron chi connectivity index (χ2n) is 14.1. The fourth-order valence-electron chi connectivity index (χ4n) is 5.93. The van der Waals surface area contributed by atoms with Crippen LogP contribution >= 0.6 is 69.6 Å². The molecule has 27 heteroatoms. The first-order valence-corrected chi connectivity index (χ1v) is 25.7. The third-order valence-electron chi connectivity index (χ3n) is 8.90. The van der Waals surface area contributed by atoms with Gasteiger partial charge in [-0.3, -0.25) is 23.8 Å². The number of benzene rings is 4. The summed E-state index contributed by atoms with van der Waals surface area (Å²) in [4.78, 5) is 56.9. The van der Waals surface area contributed by atoms with Crippen molar-refractivity contribution in [2.24, 2.45) is 0 Å². The number of ketones is 1.